The van der Waals surface area contributed by atoms with E-state index in [4.69, 9.17) is 18.7 Å². The average Bonchev–Trinajstić information content (AvgIpc) is 2.91. The largest absolute Gasteiger partial charge is 0.409 e. The molecule has 1 aliphatic rings. The average molecular weight is 410 g/mol. The van der Waals surface area contributed by atoms with Crippen molar-refractivity contribution in [2.75, 3.05) is 6.61 Å². The number of benzene rings is 1. The molecule has 1 fully saturated rings. The highest BCUT2D eigenvalue weighted by molar-refractivity contribution is 6.74. The van der Waals surface area contributed by atoms with Gasteiger partial charge < -0.3 is 23.8 Å². The minimum Gasteiger partial charge on any atom is -0.409 e. The Balaban J connectivity index is 2.05. The Kier molecular flexibility index (Phi) is 7.44. The van der Waals surface area contributed by atoms with E-state index in [0.29, 0.717) is 6.61 Å². The highest BCUT2D eigenvalue weighted by Gasteiger charge is 2.48. The minimum absolute atomic E-state index is 0.0256. The van der Waals surface area contributed by atoms with Gasteiger partial charge in [0.25, 0.3) is 0 Å². The first-order chi connectivity index (χ1) is 13.0. The van der Waals surface area contributed by atoms with Crippen LogP contribution in [0.3, 0.4) is 0 Å². The quantitative estimate of drug-likeness (QED) is 0.398. The smallest absolute Gasteiger partial charge is 0.192 e. The summed E-state index contributed by atoms with van der Waals surface area (Å²) in [5.74, 6) is -0.787. The first kappa shape index (κ1) is 23.0. The van der Waals surface area contributed by atoms with Crippen molar-refractivity contribution in [2.24, 2.45) is 5.16 Å². The zero-order valence-corrected chi connectivity index (χ0v) is 19.1. The highest BCUT2D eigenvalue weighted by Crippen LogP contribution is 2.39. The van der Waals surface area contributed by atoms with E-state index in [0.717, 1.165) is 5.56 Å². The van der Waals surface area contributed by atoms with Crippen LogP contribution in [0.2, 0.25) is 18.1 Å². The Labute approximate surface area is 170 Å². The minimum atomic E-state index is -2.09. The molecule has 1 heterocycles. The highest BCUT2D eigenvalue weighted by atomic mass is 28.4. The Bertz CT molecular complexity index is 642. The molecule has 0 unspecified atom stereocenters. The molecule has 3 atom stereocenters. The summed E-state index contributed by atoms with van der Waals surface area (Å²) < 4.78 is 18.4. The summed E-state index contributed by atoms with van der Waals surface area (Å²) in [6.45, 7) is 14.7. The van der Waals surface area contributed by atoms with Gasteiger partial charge in [0.1, 0.15) is 18.8 Å². The van der Waals surface area contributed by atoms with Gasteiger partial charge in [0, 0.05) is 0 Å². The molecule has 0 amide bonds. The van der Waals surface area contributed by atoms with Crippen LogP contribution in [-0.2, 0) is 25.3 Å². The predicted octanol–water partition coefficient (Wildman–Crippen LogP) is 4.09. The molecule has 0 saturated carbocycles. The van der Waals surface area contributed by atoms with E-state index in [1.54, 1.807) is 6.21 Å². The summed E-state index contributed by atoms with van der Waals surface area (Å²) in [5.41, 5.74) is 1.04. The normalized spacial score (nSPS) is 23.9. The second-order valence-corrected chi connectivity index (χ2v) is 13.9. The fourth-order valence-electron chi connectivity index (χ4n) is 2.77. The van der Waals surface area contributed by atoms with Crippen molar-refractivity contribution < 1.29 is 23.8 Å². The van der Waals surface area contributed by atoms with Gasteiger partial charge in [0.15, 0.2) is 14.1 Å². The standard InChI is InChI=1S/C21H35NO5Si/c1-20(2,3)28(6,7)27-18(14-23)19-17(25-21(4,5)26-19)13-22-24-15-16-11-9-8-10-12-16/h8-13,17-19,23H,14-15H2,1-7H3/b22-13+/t17-,18-,19-/m1/s1. The van der Waals surface area contributed by atoms with E-state index in [9.17, 15) is 5.11 Å². The van der Waals surface area contributed by atoms with Crippen LogP contribution in [0.4, 0.5) is 0 Å². The number of hydrogen-bond donors (Lipinski definition) is 1. The fraction of sp³-hybridized carbons (Fsp3) is 0.667. The van der Waals surface area contributed by atoms with Gasteiger partial charge >= 0.3 is 0 Å². The monoisotopic (exact) mass is 409 g/mol. The van der Waals surface area contributed by atoms with Crippen LogP contribution in [0.15, 0.2) is 35.5 Å². The number of hydrogen-bond acceptors (Lipinski definition) is 6. The molecule has 1 aliphatic heterocycles. The maximum atomic E-state index is 10.0. The molecule has 0 aliphatic carbocycles. The van der Waals surface area contributed by atoms with Gasteiger partial charge in [0.2, 0.25) is 0 Å². The maximum absolute atomic E-state index is 10.0. The molecule has 158 valence electrons. The van der Waals surface area contributed by atoms with Crippen LogP contribution < -0.4 is 0 Å². The van der Waals surface area contributed by atoms with Crippen LogP contribution >= 0.6 is 0 Å². The number of aliphatic hydroxyl groups excluding tert-OH is 1. The molecular weight excluding hydrogens is 374 g/mol. The molecule has 1 aromatic carbocycles. The molecular formula is C21H35NO5Si. The summed E-state index contributed by atoms with van der Waals surface area (Å²) in [6, 6.07) is 9.83. The van der Waals surface area contributed by atoms with Crippen LogP contribution in [0.5, 0.6) is 0 Å². The number of aliphatic hydroxyl groups is 1. The van der Waals surface area contributed by atoms with E-state index in [1.165, 1.54) is 0 Å². The first-order valence-corrected chi connectivity index (χ1v) is 12.7. The molecule has 1 N–H and O–H groups in total. The molecule has 0 bridgehead atoms. The molecule has 0 radical (unpaired) electrons. The Morgan fingerprint density at radius 3 is 2.43 bits per heavy atom. The topological polar surface area (TPSA) is 69.5 Å². The molecule has 7 heteroatoms. The van der Waals surface area contributed by atoms with Crippen LogP contribution in [-0.4, -0.2) is 50.3 Å². The fourth-order valence-corrected chi connectivity index (χ4v) is 4.09. The van der Waals surface area contributed by atoms with Crippen molar-refractivity contribution in [3.05, 3.63) is 35.9 Å². The number of nitrogens with zero attached hydrogens (tertiary/aromatic N) is 1. The molecule has 2 rings (SSSR count). The zero-order chi connectivity index (χ0) is 21.0. The van der Waals surface area contributed by atoms with Gasteiger partial charge in [-0.05, 0) is 37.5 Å². The number of rotatable bonds is 8. The lowest BCUT2D eigenvalue weighted by molar-refractivity contribution is -0.153. The van der Waals surface area contributed by atoms with Gasteiger partial charge in [-0.3, -0.25) is 0 Å². The van der Waals surface area contributed by atoms with Crippen LogP contribution in [0.25, 0.3) is 0 Å². The third kappa shape index (κ3) is 6.12. The van der Waals surface area contributed by atoms with Gasteiger partial charge in [0.05, 0.1) is 18.9 Å². The zero-order valence-electron chi connectivity index (χ0n) is 18.1. The van der Waals surface area contributed by atoms with E-state index in [1.807, 2.05) is 44.2 Å². The van der Waals surface area contributed by atoms with E-state index in [2.05, 4.69) is 39.0 Å². The summed E-state index contributed by atoms with van der Waals surface area (Å²) in [4.78, 5) is 5.41. The molecule has 28 heavy (non-hydrogen) atoms. The SMILES string of the molecule is CC1(C)O[C@@H]([C@@H](CO)O[Si](C)(C)C(C)(C)C)[C@@H](/C=N/OCc2ccccc2)O1. The van der Waals surface area contributed by atoms with Crippen molar-refractivity contribution in [2.45, 2.75) is 83.5 Å². The van der Waals surface area contributed by atoms with Crippen molar-refractivity contribution in [3.63, 3.8) is 0 Å². The molecule has 1 saturated heterocycles. The Hall–Kier alpha value is -1.25. The molecule has 1 aromatic rings. The summed E-state index contributed by atoms with van der Waals surface area (Å²) in [7, 11) is -2.09. The lowest BCUT2D eigenvalue weighted by Crippen LogP contribution is -2.50. The Morgan fingerprint density at radius 1 is 1.21 bits per heavy atom. The van der Waals surface area contributed by atoms with Crippen LogP contribution in [0, 0.1) is 0 Å². The van der Waals surface area contributed by atoms with Gasteiger partial charge in [-0.25, -0.2) is 0 Å². The second kappa shape index (κ2) is 9.05. The lowest BCUT2D eigenvalue weighted by atomic mass is 10.1. The maximum Gasteiger partial charge on any atom is 0.192 e. The van der Waals surface area contributed by atoms with Gasteiger partial charge in [-0.15, -0.1) is 0 Å². The van der Waals surface area contributed by atoms with Crippen LogP contribution in [0.1, 0.15) is 40.2 Å². The Morgan fingerprint density at radius 2 is 1.86 bits per heavy atom. The van der Waals surface area contributed by atoms with Crippen molar-refractivity contribution in [1.29, 1.82) is 0 Å². The second-order valence-electron chi connectivity index (χ2n) is 9.18. The number of ether oxygens (including phenoxy) is 2. The molecule has 0 aromatic heterocycles. The van der Waals surface area contributed by atoms with Crippen molar-refractivity contribution >= 4 is 14.5 Å². The summed E-state index contributed by atoms with van der Waals surface area (Å²) >= 11 is 0. The van der Waals surface area contributed by atoms with E-state index >= 15 is 0 Å². The molecule has 0 spiro atoms. The van der Waals surface area contributed by atoms with Crippen molar-refractivity contribution in [3.8, 4) is 0 Å². The first-order valence-electron chi connectivity index (χ1n) is 9.79. The summed E-state index contributed by atoms with van der Waals surface area (Å²) in [6.07, 6.45) is 0.180. The summed E-state index contributed by atoms with van der Waals surface area (Å²) in [5, 5.41) is 14.1. The third-order valence-electron chi connectivity index (χ3n) is 5.32. The molecule has 6 nitrogen and oxygen atoms in total. The van der Waals surface area contributed by atoms with E-state index in [-0.39, 0.29) is 11.6 Å². The van der Waals surface area contributed by atoms with Crippen molar-refractivity contribution in [1.82, 2.24) is 0 Å². The predicted molar refractivity (Wildman–Crippen MR) is 113 cm³/mol. The van der Waals surface area contributed by atoms with Gasteiger partial charge in [-0.1, -0.05) is 56.3 Å². The van der Waals surface area contributed by atoms with Gasteiger partial charge in [-0.2, -0.15) is 0 Å². The third-order valence-corrected chi connectivity index (χ3v) is 9.82. The lowest BCUT2D eigenvalue weighted by Gasteiger charge is -2.40. The number of oxime groups is 1. The van der Waals surface area contributed by atoms with E-state index < -0.39 is 32.4 Å².